The van der Waals surface area contributed by atoms with Gasteiger partial charge in [0.25, 0.3) is 0 Å². The molecular formula is C10H23N3O2. The molecule has 0 aromatic carbocycles. The minimum atomic E-state index is 0.246. The molecule has 1 unspecified atom stereocenters. The third-order valence-electron chi connectivity index (χ3n) is 2.42. The molecule has 1 atom stereocenters. The van der Waals surface area contributed by atoms with Gasteiger partial charge in [-0.05, 0) is 20.8 Å². The number of amidine groups is 1. The third-order valence-corrected chi connectivity index (χ3v) is 2.42. The number of ether oxygens (including phenoxy) is 1. The second-order valence-corrected chi connectivity index (χ2v) is 3.97. The molecule has 0 aliphatic carbocycles. The molecule has 0 spiro atoms. The van der Waals surface area contributed by atoms with E-state index in [2.05, 4.69) is 30.8 Å². The zero-order valence-corrected chi connectivity index (χ0v) is 10.1. The summed E-state index contributed by atoms with van der Waals surface area (Å²) in [6, 6.07) is 0.665. The van der Waals surface area contributed by atoms with Crippen LogP contribution in [0.5, 0.6) is 0 Å². The quantitative estimate of drug-likeness (QED) is 0.287. The first kappa shape index (κ1) is 14.2. The fourth-order valence-corrected chi connectivity index (χ4v) is 1.64. The molecule has 0 aliphatic heterocycles. The number of hydrogen-bond acceptors (Lipinski definition) is 4. The van der Waals surface area contributed by atoms with Crippen LogP contribution in [0.4, 0.5) is 0 Å². The fourth-order valence-electron chi connectivity index (χ4n) is 1.64. The van der Waals surface area contributed by atoms with Gasteiger partial charge < -0.3 is 15.7 Å². The highest BCUT2D eigenvalue weighted by Gasteiger charge is 2.17. The van der Waals surface area contributed by atoms with E-state index < -0.39 is 0 Å². The van der Waals surface area contributed by atoms with Crippen molar-refractivity contribution < 1.29 is 9.94 Å². The lowest BCUT2D eigenvalue weighted by Crippen LogP contribution is -2.42. The van der Waals surface area contributed by atoms with E-state index in [-0.39, 0.29) is 11.9 Å². The molecule has 0 saturated heterocycles. The van der Waals surface area contributed by atoms with Gasteiger partial charge in [-0.15, -0.1) is 0 Å². The van der Waals surface area contributed by atoms with E-state index in [4.69, 9.17) is 15.7 Å². The molecule has 0 heterocycles. The third kappa shape index (κ3) is 5.59. The van der Waals surface area contributed by atoms with Gasteiger partial charge in [0.15, 0.2) is 0 Å². The van der Waals surface area contributed by atoms with Crippen molar-refractivity contribution in [3.8, 4) is 0 Å². The SMILES string of the molecule is COCCN(C(C)C)C(C)CC(N)=NO. The molecule has 5 heteroatoms. The summed E-state index contributed by atoms with van der Waals surface area (Å²) in [6.45, 7) is 7.86. The Morgan fingerprint density at radius 3 is 2.47 bits per heavy atom. The fraction of sp³-hybridized carbons (Fsp3) is 0.900. The maximum absolute atomic E-state index is 8.50. The Bertz CT molecular complexity index is 195. The van der Waals surface area contributed by atoms with Crippen LogP contribution in [0.1, 0.15) is 27.2 Å². The predicted molar refractivity (Wildman–Crippen MR) is 61.2 cm³/mol. The van der Waals surface area contributed by atoms with Gasteiger partial charge in [-0.3, -0.25) is 4.90 Å². The first-order valence-electron chi connectivity index (χ1n) is 5.24. The summed E-state index contributed by atoms with van der Waals surface area (Å²) in [6.07, 6.45) is 0.568. The standard InChI is InChI=1S/C10H23N3O2/c1-8(2)13(5-6-15-4)9(3)7-10(11)12-14/h8-9,14H,5-7H2,1-4H3,(H2,11,12). The van der Waals surface area contributed by atoms with Crippen LogP contribution in [-0.2, 0) is 4.74 Å². The molecule has 0 radical (unpaired) electrons. The largest absolute Gasteiger partial charge is 0.409 e. The minimum Gasteiger partial charge on any atom is -0.409 e. The molecule has 0 aromatic heterocycles. The monoisotopic (exact) mass is 217 g/mol. The topological polar surface area (TPSA) is 71.1 Å². The zero-order chi connectivity index (χ0) is 11.8. The van der Waals surface area contributed by atoms with Crippen molar-refractivity contribution in [1.82, 2.24) is 4.90 Å². The number of nitrogens with two attached hydrogens (primary N) is 1. The van der Waals surface area contributed by atoms with Crippen LogP contribution in [0.2, 0.25) is 0 Å². The van der Waals surface area contributed by atoms with Crippen molar-refractivity contribution >= 4 is 5.84 Å². The van der Waals surface area contributed by atoms with E-state index in [1.54, 1.807) is 7.11 Å². The van der Waals surface area contributed by atoms with Crippen molar-refractivity contribution in [2.24, 2.45) is 10.9 Å². The van der Waals surface area contributed by atoms with Crippen LogP contribution < -0.4 is 5.73 Å². The molecular weight excluding hydrogens is 194 g/mol. The minimum absolute atomic E-state index is 0.246. The van der Waals surface area contributed by atoms with E-state index in [0.717, 1.165) is 6.54 Å². The Morgan fingerprint density at radius 2 is 2.07 bits per heavy atom. The highest BCUT2D eigenvalue weighted by atomic mass is 16.5. The van der Waals surface area contributed by atoms with Crippen LogP contribution >= 0.6 is 0 Å². The number of oxime groups is 1. The van der Waals surface area contributed by atoms with Crippen LogP contribution in [-0.4, -0.2) is 48.3 Å². The molecule has 0 bridgehead atoms. The van der Waals surface area contributed by atoms with Crippen molar-refractivity contribution in [1.29, 1.82) is 0 Å². The Balaban J connectivity index is 4.22. The second-order valence-electron chi connectivity index (χ2n) is 3.97. The maximum Gasteiger partial charge on any atom is 0.140 e. The Labute approximate surface area is 91.9 Å². The average Bonchev–Trinajstić information content (AvgIpc) is 2.17. The summed E-state index contributed by atoms with van der Waals surface area (Å²) in [7, 11) is 1.69. The number of nitrogens with zero attached hydrogens (tertiary/aromatic N) is 2. The smallest absolute Gasteiger partial charge is 0.140 e. The first-order chi connectivity index (χ1) is 7.02. The predicted octanol–water partition coefficient (Wildman–Crippen LogP) is 0.868. The highest BCUT2D eigenvalue weighted by Crippen LogP contribution is 2.08. The van der Waals surface area contributed by atoms with Gasteiger partial charge in [-0.25, -0.2) is 0 Å². The van der Waals surface area contributed by atoms with E-state index in [9.17, 15) is 0 Å². The summed E-state index contributed by atoms with van der Waals surface area (Å²) in [4.78, 5) is 2.27. The lowest BCUT2D eigenvalue weighted by molar-refractivity contribution is 0.103. The van der Waals surface area contributed by atoms with Crippen molar-refractivity contribution in [2.45, 2.75) is 39.3 Å². The van der Waals surface area contributed by atoms with Gasteiger partial charge >= 0.3 is 0 Å². The van der Waals surface area contributed by atoms with Crippen molar-refractivity contribution in [3.05, 3.63) is 0 Å². The average molecular weight is 217 g/mol. The van der Waals surface area contributed by atoms with Gasteiger partial charge in [0, 0.05) is 32.2 Å². The maximum atomic E-state index is 8.50. The van der Waals surface area contributed by atoms with E-state index in [1.165, 1.54) is 0 Å². The van der Waals surface area contributed by atoms with Crippen LogP contribution in [0.3, 0.4) is 0 Å². The van der Waals surface area contributed by atoms with Gasteiger partial charge in [0.1, 0.15) is 5.84 Å². The lowest BCUT2D eigenvalue weighted by atomic mass is 10.1. The summed E-state index contributed by atoms with van der Waals surface area (Å²) >= 11 is 0. The number of rotatable bonds is 7. The second kappa shape index (κ2) is 7.48. The van der Waals surface area contributed by atoms with E-state index >= 15 is 0 Å². The first-order valence-corrected chi connectivity index (χ1v) is 5.24. The molecule has 0 aromatic rings. The molecule has 15 heavy (non-hydrogen) atoms. The van der Waals surface area contributed by atoms with Gasteiger partial charge in [0.2, 0.25) is 0 Å². The molecule has 0 rings (SSSR count). The number of hydrogen-bond donors (Lipinski definition) is 2. The summed E-state index contributed by atoms with van der Waals surface area (Å²) in [5.41, 5.74) is 5.48. The van der Waals surface area contributed by atoms with Gasteiger partial charge in [0.05, 0.1) is 6.61 Å². The molecule has 3 N–H and O–H groups in total. The molecule has 90 valence electrons. The van der Waals surface area contributed by atoms with Crippen molar-refractivity contribution in [3.63, 3.8) is 0 Å². The normalized spacial score (nSPS) is 14.9. The lowest BCUT2D eigenvalue weighted by Gasteiger charge is -2.32. The Morgan fingerprint density at radius 1 is 1.47 bits per heavy atom. The molecule has 0 amide bonds. The van der Waals surface area contributed by atoms with Crippen LogP contribution in [0.15, 0.2) is 5.16 Å². The van der Waals surface area contributed by atoms with E-state index in [1.807, 2.05) is 0 Å². The molecule has 0 saturated carbocycles. The molecule has 5 nitrogen and oxygen atoms in total. The van der Waals surface area contributed by atoms with Crippen LogP contribution in [0, 0.1) is 0 Å². The molecule has 0 fully saturated rings. The number of methoxy groups -OCH3 is 1. The Hall–Kier alpha value is -0.810. The molecule has 0 aliphatic rings. The summed E-state index contributed by atoms with van der Waals surface area (Å²) in [5, 5.41) is 11.5. The van der Waals surface area contributed by atoms with E-state index in [0.29, 0.717) is 19.1 Å². The Kier molecular flexibility index (Phi) is 7.07. The highest BCUT2D eigenvalue weighted by molar-refractivity contribution is 5.80. The van der Waals surface area contributed by atoms with Gasteiger partial charge in [-0.2, -0.15) is 0 Å². The zero-order valence-electron chi connectivity index (χ0n) is 10.1. The van der Waals surface area contributed by atoms with Crippen molar-refractivity contribution in [2.75, 3.05) is 20.3 Å². The summed E-state index contributed by atoms with van der Waals surface area (Å²) in [5.74, 6) is 0.269. The van der Waals surface area contributed by atoms with Gasteiger partial charge in [-0.1, -0.05) is 5.16 Å². The van der Waals surface area contributed by atoms with Crippen LogP contribution in [0.25, 0.3) is 0 Å². The summed E-state index contributed by atoms with van der Waals surface area (Å²) < 4.78 is 5.05.